The second-order valence-electron chi connectivity index (χ2n) is 7.41. The van der Waals surface area contributed by atoms with Gasteiger partial charge in [0.05, 0.1) is 0 Å². The van der Waals surface area contributed by atoms with E-state index in [4.69, 9.17) is 19.0 Å². The van der Waals surface area contributed by atoms with Crippen LogP contribution in [-0.2, 0) is 30.3 Å². The van der Waals surface area contributed by atoms with Crippen LogP contribution in [0.1, 0.15) is 58.6 Å². The highest BCUT2D eigenvalue weighted by atomic mass is 16.6. The van der Waals surface area contributed by atoms with Gasteiger partial charge in [0.1, 0.15) is 29.0 Å². The normalized spacial score (nSPS) is 13.7. The van der Waals surface area contributed by atoms with Crippen LogP contribution in [-0.4, -0.2) is 18.2 Å². The maximum Gasteiger partial charge on any atom is 0.308 e. The molecule has 34 heavy (non-hydrogen) atoms. The van der Waals surface area contributed by atoms with E-state index in [2.05, 4.69) is 13.2 Å². The molecule has 0 radical (unpaired) electrons. The third kappa shape index (κ3) is 6.75. The van der Waals surface area contributed by atoms with Gasteiger partial charge in [0.25, 0.3) is 0 Å². The van der Waals surface area contributed by atoms with Gasteiger partial charge in [-0.15, -0.1) is 0 Å². The number of rotatable bonds is 10. The van der Waals surface area contributed by atoms with Crippen LogP contribution in [0, 0.1) is 0 Å². The molecule has 0 bridgehead atoms. The van der Waals surface area contributed by atoms with Crippen LogP contribution in [0.15, 0.2) is 73.8 Å². The molecule has 0 heterocycles. The van der Waals surface area contributed by atoms with Crippen molar-refractivity contribution >= 4 is 18.2 Å². The maximum absolute atomic E-state index is 11.7. The number of hydrogen-bond donors (Lipinski definition) is 0. The van der Waals surface area contributed by atoms with Crippen molar-refractivity contribution in [2.45, 2.75) is 58.7 Å². The Morgan fingerprint density at radius 3 is 1.38 bits per heavy atom. The van der Waals surface area contributed by atoms with Crippen molar-refractivity contribution < 1.29 is 28.6 Å². The number of esters is 2. The number of aldehydes is 1. The van der Waals surface area contributed by atoms with Crippen molar-refractivity contribution in [1.82, 2.24) is 0 Å². The van der Waals surface area contributed by atoms with E-state index in [0.29, 0.717) is 35.5 Å². The fraction of sp³-hybridized carbons (Fsp3) is 0.321. The molecule has 0 aliphatic heterocycles. The third-order valence-corrected chi connectivity index (χ3v) is 5.27. The van der Waals surface area contributed by atoms with Gasteiger partial charge in [-0.1, -0.05) is 75.6 Å². The van der Waals surface area contributed by atoms with Crippen molar-refractivity contribution in [3.8, 4) is 11.5 Å². The summed E-state index contributed by atoms with van der Waals surface area (Å²) in [7, 11) is 0. The second kappa shape index (κ2) is 13.3. The second-order valence-corrected chi connectivity index (χ2v) is 7.41. The lowest BCUT2D eigenvalue weighted by Crippen LogP contribution is -2.39. The summed E-state index contributed by atoms with van der Waals surface area (Å²) in [5.74, 6) is -0.0439. The number of carbonyl (C=O) groups excluding carboxylic acids is 3. The Bertz CT molecular complexity index is 934. The summed E-state index contributed by atoms with van der Waals surface area (Å²) in [6, 6.07) is 14.5. The van der Waals surface area contributed by atoms with E-state index in [1.54, 1.807) is 36.4 Å². The predicted octanol–water partition coefficient (Wildman–Crippen LogP) is 6.04. The number of para-hydroxylation sites is 2. The van der Waals surface area contributed by atoms with Gasteiger partial charge < -0.3 is 19.0 Å². The van der Waals surface area contributed by atoms with E-state index in [0.717, 1.165) is 6.29 Å². The number of benzene rings is 2. The monoisotopic (exact) mass is 466 g/mol. The SMILES string of the molecule is C=CC(CC)(OC(C=C)(CC)c1ccccc1OC(C)=O)c1ccccc1OC(C)=O.CC=O. The van der Waals surface area contributed by atoms with Crippen LogP contribution in [0.4, 0.5) is 0 Å². The van der Waals surface area contributed by atoms with Crippen LogP contribution in [0.3, 0.4) is 0 Å². The Morgan fingerprint density at radius 2 is 1.12 bits per heavy atom. The number of hydrogen-bond acceptors (Lipinski definition) is 6. The first-order valence-electron chi connectivity index (χ1n) is 11.1. The van der Waals surface area contributed by atoms with Gasteiger partial charge in [0.15, 0.2) is 0 Å². The van der Waals surface area contributed by atoms with Crippen LogP contribution in [0.2, 0.25) is 0 Å². The first kappa shape index (κ1) is 28.5. The molecule has 0 amide bonds. The van der Waals surface area contributed by atoms with Gasteiger partial charge in [-0.05, 0) is 31.9 Å². The summed E-state index contributed by atoms with van der Waals surface area (Å²) < 4.78 is 17.7. The van der Waals surface area contributed by atoms with Crippen molar-refractivity contribution in [2.24, 2.45) is 0 Å². The summed E-state index contributed by atoms with van der Waals surface area (Å²) >= 11 is 0. The fourth-order valence-electron chi connectivity index (χ4n) is 3.67. The van der Waals surface area contributed by atoms with E-state index >= 15 is 0 Å². The molecule has 0 aromatic heterocycles. The van der Waals surface area contributed by atoms with Crippen molar-refractivity contribution in [3.63, 3.8) is 0 Å². The lowest BCUT2D eigenvalue weighted by molar-refractivity contribution is -0.134. The Kier molecular flexibility index (Phi) is 11.1. The minimum atomic E-state index is -1.00. The lowest BCUT2D eigenvalue weighted by Gasteiger charge is -2.42. The van der Waals surface area contributed by atoms with Gasteiger partial charge in [0.2, 0.25) is 0 Å². The Balaban J connectivity index is 0.00000182. The van der Waals surface area contributed by atoms with Gasteiger partial charge in [0, 0.05) is 25.0 Å². The molecule has 2 aromatic rings. The first-order chi connectivity index (χ1) is 16.2. The van der Waals surface area contributed by atoms with Crippen LogP contribution >= 0.6 is 0 Å². The summed E-state index contributed by atoms with van der Waals surface area (Å²) in [4.78, 5) is 32.2. The molecule has 0 aliphatic carbocycles. The zero-order valence-corrected chi connectivity index (χ0v) is 20.6. The molecule has 6 nitrogen and oxygen atoms in total. The van der Waals surface area contributed by atoms with E-state index in [1.807, 2.05) is 38.1 Å². The molecule has 0 saturated carbocycles. The topological polar surface area (TPSA) is 78.9 Å². The Morgan fingerprint density at radius 1 is 0.794 bits per heavy atom. The van der Waals surface area contributed by atoms with Crippen LogP contribution in [0.25, 0.3) is 0 Å². The summed E-state index contributed by atoms with van der Waals surface area (Å²) in [5.41, 5.74) is -0.654. The van der Waals surface area contributed by atoms with Crippen molar-refractivity contribution in [3.05, 3.63) is 85.0 Å². The highest BCUT2D eigenvalue weighted by molar-refractivity contribution is 5.70. The van der Waals surface area contributed by atoms with Crippen LogP contribution in [0.5, 0.6) is 11.5 Å². The van der Waals surface area contributed by atoms with E-state index in [1.165, 1.54) is 20.8 Å². The first-order valence-corrected chi connectivity index (χ1v) is 11.1. The molecule has 0 saturated heterocycles. The van der Waals surface area contributed by atoms with Gasteiger partial charge in [-0.25, -0.2) is 0 Å². The average molecular weight is 467 g/mol. The van der Waals surface area contributed by atoms with Crippen LogP contribution < -0.4 is 9.47 Å². The third-order valence-electron chi connectivity index (χ3n) is 5.27. The lowest BCUT2D eigenvalue weighted by atomic mass is 9.85. The summed E-state index contributed by atoms with van der Waals surface area (Å²) in [6.45, 7) is 16.2. The van der Waals surface area contributed by atoms with Crippen molar-refractivity contribution in [2.75, 3.05) is 0 Å². The largest absolute Gasteiger partial charge is 0.426 e. The zero-order chi connectivity index (χ0) is 25.8. The van der Waals surface area contributed by atoms with E-state index < -0.39 is 23.1 Å². The predicted molar refractivity (Wildman–Crippen MR) is 133 cm³/mol. The molecule has 0 spiro atoms. The molecule has 6 heteroatoms. The average Bonchev–Trinajstić information content (AvgIpc) is 2.82. The van der Waals surface area contributed by atoms with Gasteiger partial charge in [-0.2, -0.15) is 0 Å². The van der Waals surface area contributed by atoms with Gasteiger partial charge >= 0.3 is 11.9 Å². The quantitative estimate of drug-likeness (QED) is 0.184. The Labute approximate surface area is 202 Å². The molecule has 0 fully saturated rings. The van der Waals surface area contributed by atoms with E-state index in [9.17, 15) is 9.59 Å². The summed E-state index contributed by atoms with van der Waals surface area (Å²) in [6.07, 6.45) is 5.19. The highest BCUT2D eigenvalue weighted by Crippen LogP contribution is 2.46. The van der Waals surface area contributed by atoms with Gasteiger partial charge in [-0.3, -0.25) is 9.59 Å². The van der Waals surface area contributed by atoms with Crippen molar-refractivity contribution in [1.29, 1.82) is 0 Å². The number of carbonyl (C=O) groups is 3. The highest BCUT2D eigenvalue weighted by Gasteiger charge is 2.42. The maximum atomic E-state index is 11.7. The molecule has 2 aromatic carbocycles. The minimum Gasteiger partial charge on any atom is -0.426 e. The molecule has 2 atom stereocenters. The molecule has 2 unspecified atom stereocenters. The molecule has 2 rings (SSSR count). The smallest absolute Gasteiger partial charge is 0.308 e. The van der Waals surface area contributed by atoms with E-state index in [-0.39, 0.29) is 0 Å². The molecular weight excluding hydrogens is 432 g/mol. The fourth-order valence-corrected chi connectivity index (χ4v) is 3.67. The zero-order valence-electron chi connectivity index (χ0n) is 20.6. The molecule has 0 N–H and O–H groups in total. The number of ether oxygens (including phenoxy) is 3. The molecule has 0 aliphatic rings. The minimum absolute atomic E-state index is 0.402. The molecule has 182 valence electrons. The summed E-state index contributed by atoms with van der Waals surface area (Å²) in [5, 5.41) is 0. The molecular formula is C28H34O6. The standard InChI is InChI=1S/C26H30O5.C2H4O/c1-7-25(8-2,21-15-11-13-17-23(21)29-19(5)27)31-26(9-3,10-4)22-16-12-14-18-24(22)30-20(6)28;1-2-3/h7,9,11-18H,1,3,8,10H2,2,4-6H3;2H,1H3. The Hall–Kier alpha value is -3.51.